The molecule has 0 saturated heterocycles. The first-order chi connectivity index (χ1) is 8.11. The first-order valence-corrected chi connectivity index (χ1v) is 6.26. The molecule has 0 aliphatic heterocycles. The summed E-state index contributed by atoms with van der Waals surface area (Å²) in [5, 5.41) is 0.924. The third-order valence-corrected chi connectivity index (χ3v) is 3.93. The lowest BCUT2D eigenvalue weighted by atomic mass is 10.2. The minimum atomic E-state index is 0.403. The first kappa shape index (κ1) is 12.0. The molecule has 1 aromatic carbocycles. The van der Waals surface area contributed by atoms with Crippen LogP contribution in [0.3, 0.4) is 0 Å². The van der Waals surface area contributed by atoms with Crippen molar-refractivity contribution in [2.75, 3.05) is 7.11 Å². The molecule has 17 heavy (non-hydrogen) atoms. The van der Waals surface area contributed by atoms with E-state index >= 15 is 0 Å². The van der Waals surface area contributed by atoms with E-state index < -0.39 is 0 Å². The highest BCUT2D eigenvalue weighted by atomic mass is 32.1. The van der Waals surface area contributed by atoms with Gasteiger partial charge in [-0.3, -0.25) is 0 Å². The molecule has 0 saturated carbocycles. The second-order valence-electron chi connectivity index (χ2n) is 3.53. The zero-order valence-corrected chi connectivity index (χ0v) is 11.2. The largest absolute Gasteiger partial charge is 0.497 e. The maximum Gasteiger partial charge on any atom is 0.124 e. The molecular weight excluding hydrogens is 252 g/mol. The number of rotatable bonds is 3. The van der Waals surface area contributed by atoms with Crippen LogP contribution in [0.5, 0.6) is 5.75 Å². The van der Waals surface area contributed by atoms with Gasteiger partial charge in [-0.1, -0.05) is 12.2 Å². The molecule has 88 valence electrons. The van der Waals surface area contributed by atoms with Gasteiger partial charge in [-0.15, -0.1) is 11.3 Å². The van der Waals surface area contributed by atoms with Crippen molar-refractivity contribution < 1.29 is 4.74 Å². The van der Waals surface area contributed by atoms with Gasteiger partial charge in [-0.25, -0.2) is 4.98 Å². The van der Waals surface area contributed by atoms with E-state index in [9.17, 15) is 0 Å². The molecule has 3 nitrogen and oxygen atoms in total. The molecule has 0 amide bonds. The number of methoxy groups -OCH3 is 1. The van der Waals surface area contributed by atoms with Crippen molar-refractivity contribution in [1.29, 1.82) is 0 Å². The van der Waals surface area contributed by atoms with E-state index in [1.807, 2.05) is 31.2 Å². The Kier molecular flexibility index (Phi) is 3.40. The van der Waals surface area contributed by atoms with Crippen LogP contribution in [-0.4, -0.2) is 17.1 Å². The van der Waals surface area contributed by atoms with Crippen LogP contribution in [0, 0.1) is 6.92 Å². The quantitative estimate of drug-likeness (QED) is 0.866. The van der Waals surface area contributed by atoms with E-state index in [0.717, 1.165) is 26.9 Å². The maximum absolute atomic E-state index is 5.63. The maximum atomic E-state index is 5.63. The number of aryl methyl sites for hydroxylation is 1. The number of benzene rings is 1. The van der Waals surface area contributed by atoms with Crippen molar-refractivity contribution in [2.45, 2.75) is 6.92 Å². The second-order valence-corrected chi connectivity index (χ2v) is 4.97. The van der Waals surface area contributed by atoms with Gasteiger partial charge in [0.1, 0.15) is 15.7 Å². The number of aromatic nitrogens is 1. The monoisotopic (exact) mass is 264 g/mol. The Labute approximate surface area is 109 Å². The van der Waals surface area contributed by atoms with E-state index in [2.05, 4.69) is 4.98 Å². The zero-order valence-electron chi connectivity index (χ0n) is 9.56. The number of nitrogens with zero attached hydrogens (tertiary/aromatic N) is 1. The lowest BCUT2D eigenvalue weighted by molar-refractivity contribution is 0.415. The first-order valence-electron chi connectivity index (χ1n) is 5.03. The summed E-state index contributed by atoms with van der Waals surface area (Å²) < 4.78 is 5.11. The van der Waals surface area contributed by atoms with Crippen LogP contribution in [0.4, 0.5) is 0 Å². The summed E-state index contributed by atoms with van der Waals surface area (Å²) in [6.45, 7) is 1.91. The number of hydrogen-bond donors (Lipinski definition) is 1. The van der Waals surface area contributed by atoms with E-state index in [4.69, 9.17) is 22.7 Å². The summed E-state index contributed by atoms with van der Waals surface area (Å²) in [5.41, 5.74) is 7.56. The molecule has 0 spiro atoms. The minimum absolute atomic E-state index is 0.403. The van der Waals surface area contributed by atoms with Crippen molar-refractivity contribution in [3.63, 3.8) is 0 Å². The molecule has 2 N–H and O–H groups in total. The predicted octanol–water partition coefficient (Wildman–Crippen LogP) is 2.76. The van der Waals surface area contributed by atoms with Crippen molar-refractivity contribution in [1.82, 2.24) is 4.98 Å². The number of thiazole rings is 1. The second kappa shape index (κ2) is 4.81. The van der Waals surface area contributed by atoms with Gasteiger partial charge in [0.15, 0.2) is 0 Å². The fourth-order valence-electron chi connectivity index (χ4n) is 1.48. The van der Waals surface area contributed by atoms with Gasteiger partial charge in [-0.2, -0.15) is 0 Å². The molecule has 1 aromatic heterocycles. The van der Waals surface area contributed by atoms with Gasteiger partial charge in [-0.05, 0) is 31.2 Å². The number of ether oxygens (including phenoxy) is 1. The van der Waals surface area contributed by atoms with Gasteiger partial charge >= 0.3 is 0 Å². The van der Waals surface area contributed by atoms with Crippen LogP contribution >= 0.6 is 23.6 Å². The predicted molar refractivity (Wildman–Crippen MR) is 74.7 cm³/mol. The van der Waals surface area contributed by atoms with E-state index in [1.54, 1.807) is 7.11 Å². The van der Waals surface area contributed by atoms with Gasteiger partial charge in [0.2, 0.25) is 0 Å². The summed E-state index contributed by atoms with van der Waals surface area (Å²) in [6, 6.07) is 7.76. The Morgan fingerprint density at radius 1 is 1.35 bits per heavy atom. The summed E-state index contributed by atoms with van der Waals surface area (Å²) in [7, 11) is 1.65. The van der Waals surface area contributed by atoms with Crippen molar-refractivity contribution in [2.24, 2.45) is 5.73 Å². The minimum Gasteiger partial charge on any atom is -0.497 e. The van der Waals surface area contributed by atoms with Crippen molar-refractivity contribution in [3.05, 3.63) is 34.8 Å². The summed E-state index contributed by atoms with van der Waals surface area (Å²) in [5.74, 6) is 0.830. The van der Waals surface area contributed by atoms with Crippen LogP contribution in [-0.2, 0) is 0 Å². The molecule has 0 atom stereocenters. The lowest BCUT2D eigenvalue weighted by Crippen LogP contribution is -2.08. The fourth-order valence-corrected chi connectivity index (χ4v) is 2.68. The average molecular weight is 264 g/mol. The summed E-state index contributed by atoms with van der Waals surface area (Å²) >= 11 is 6.50. The van der Waals surface area contributed by atoms with Gasteiger partial charge in [0.05, 0.1) is 17.7 Å². The van der Waals surface area contributed by atoms with E-state index in [0.29, 0.717) is 4.99 Å². The molecule has 0 fully saturated rings. The van der Waals surface area contributed by atoms with Crippen LogP contribution in [0.1, 0.15) is 10.6 Å². The smallest absolute Gasteiger partial charge is 0.124 e. The summed E-state index contributed by atoms with van der Waals surface area (Å²) in [6.07, 6.45) is 0. The zero-order chi connectivity index (χ0) is 12.4. The molecule has 0 bridgehead atoms. The Hall–Kier alpha value is -1.46. The Balaban J connectivity index is 2.39. The molecule has 5 heteroatoms. The van der Waals surface area contributed by atoms with E-state index in [1.165, 1.54) is 11.3 Å². The molecular formula is C12H12N2OS2. The van der Waals surface area contributed by atoms with Gasteiger partial charge in [0.25, 0.3) is 0 Å². The van der Waals surface area contributed by atoms with Crippen LogP contribution in [0.15, 0.2) is 24.3 Å². The van der Waals surface area contributed by atoms with Crippen molar-refractivity contribution >= 4 is 28.5 Å². The van der Waals surface area contributed by atoms with Crippen LogP contribution < -0.4 is 10.5 Å². The molecule has 2 rings (SSSR count). The molecule has 0 radical (unpaired) electrons. The third kappa shape index (κ3) is 2.45. The normalized spacial score (nSPS) is 10.2. The molecule has 2 aromatic rings. The SMILES string of the molecule is COc1ccc(-c2nc(C)c(C(N)=S)s2)cc1. The average Bonchev–Trinajstić information content (AvgIpc) is 2.71. The van der Waals surface area contributed by atoms with Gasteiger partial charge in [0, 0.05) is 5.56 Å². The number of nitrogens with two attached hydrogens (primary N) is 1. The fraction of sp³-hybridized carbons (Fsp3) is 0.167. The highest BCUT2D eigenvalue weighted by Crippen LogP contribution is 2.28. The highest BCUT2D eigenvalue weighted by molar-refractivity contribution is 7.81. The summed E-state index contributed by atoms with van der Waals surface area (Å²) in [4.78, 5) is 5.75. The van der Waals surface area contributed by atoms with Crippen LogP contribution in [0.25, 0.3) is 10.6 Å². The number of hydrogen-bond acceptors (Lipinski definition) is 4. The highest BCUT2D eigenvalue weighted by Gasteiger charge is 2.11. The van der Waals surface area contributed by atoms with Crippen molar-refractivity contribution in [3.8, 4) is 16.3 Å². The molecule has 0 aliphatic rings. The molecule has 1 heterocycles. The lowest BCUT2D eigenvalue weighted by Gasteiger charge is -1.99. The van der Waals surface area contributed by atoms with E-state index in [-0.39, 0.29) is 0 Å². The Morgan fingerprint density at radius 3 is 2.47 bits per heavy atom. The Morgan fingerprint density at radius 2 is 2.00 bits per heavy atom. The Bertz CT molecular complexity index is 546. The molecule has 0 aliphatic carbocycles. The van der Waals surface area contributed by atoms with Crippen LogP contribution in [0.2, 0.25) is 0 Å². The van der Waals surface area contributed by atoms with Gasteiger partial charge < -0.3 is 10.5 Å². The standard InChI is InChI=1S/C12H12N2OS2/c1-7-10(11(13)16)17-12(14-7)8-3-5-9(15-2)6-4-8/h3-6H,1-2H3,(H2,13,16). The number of thiocarbonyl (C=S) groups is 1. The topological polar surface area (TPSA) is 48.1 Å². The molecule has 0 unspecified atom stereocenters. The third-order valence-electron chi connectivity index (χ3n) is 2.36.